The minimum Gasteiger partial charge on any atom is -0.419 e. The average Bonchev–Trinajstić information content (AvgIpc) is 3.00. The van der Waals surface area contributed by atoms with Gasteiger partial charge in [-0.25, -0.2) is 8.96 Å². The molecule has 4 rings (SSSR count). The molecule has 3 aromatic heterocycles. The van der Waals surface area contributed by atoms with Crippen LogP contribution in [0.4, 0.5) is 10.2 Å². The molecular formula is C20H15FN3O+. The van der Waals surface area contributed by atoms with Crippen LogP contribution in [0.25, 0.3) is 38.2 Å². The zero-order chi connectivity index (χ0) is 20.2. The third kappa shape index (κ3) is 2.26. The van der Waals surface area contributed by atoms with E-state index in [1.165, 1.54) is 12.3 Å². The van der Waals surface area contributed by atoms with Gasteiger partial charge < -0.3 is 9.26 Å². The van der Waals surface area contributed by atoms with Crippen LogP contribution in [0.3, 0.4) is 0 Å². The van der Waals surface area contributed by atoms with Crippen LogP contribution in [-0.4, -0.2) is 4.98 Å². The van der Waals surface area contributed by atoms with Gasteiger partial charge in [0.1, 0.15) is 12.9 Å². The summed E-state index contributed by atoms with van der Waals surface area (Å²) < 4.78 is 44.6. The fourth-order valence-corrected chi connectivity index (χ4v) is 3.06. The quantitative estimate of drug-likeness (QED) is 0.371. The Kier molecular flexibility index (Phi) is 2.62. The second-order valence-corrected chi connectivity index (χ2v) is 5.90. The summed E-state index contributed by atoms with van der Waals surface area (Å²) in [4.78, 5) is 7.52. The van der Waals surface area contributed by atoms with Crippen molar-refractivity contribution in [3.05, 3.63) is 64.9 Å². The number of aromatic nitrogens is 2. The molecule has 0 aliphatic heterocycles. The van der Waals surface area contributed by atoms with Crippen LogP contribution >= 0.6 is 0 Å². The van der Waals surface area contributed by atoms with E-state index in [-0.39, 0.29) is 11.4 Å². The van der Waals surface area contributed by atoms with Gasteiger partial charge in [-0.15, -0.1) is 0 Å². The number of nitrogens with zero attached hydrogens (tertiary/aromatic N) is 3. The van der Waals surface area contributed by atoms with Crippen LogP contribution in [0.1, 0.15) is 15.2 Å². The normalized spacial score (nSPS) is 13.4. The van der Waals surface area contributed by atoms with Crippen molar-refractivity contribution >= 4 is 27.9 Å². The lowest BCUT2D eigenvalue weighted by atomic mass is 10.0. The van der Waals surface area contributed by atoms with E-state index >= 15 is 0 Å². The topological polar surface area (TPSA) is 34.3 Å². The lowest BCUT2D eigenvalue weighted by Gasteiger charge is -2.06. The summed E-state index contributed by atoms with van der Waals surface area (Å²) in [7, 11) is 1.67. The summed E-state index contributed by atoms with van der Waals surface area (Å²) in [5.41, 5.74) is 2.49. The third-order valence-corrected chi connectivity index (χ3v) is 4.29. The Hall–Kier alpha value is -3.26. The molecule has 0 spiro atoms. The number of aryl methyl sites for hydroxylation is 3. The Morgan fingerprint density at radius 2 is 2.04 bits per heavy atom. The monoisotopic (exact) mass is 335 g/mol. The first-order chi connectivity index (χ1) is 13.2. The molecular weight excluding hydrogens is 317 g/mol. The fourth-order valence-electron chi connectivity index (χ4n) is 3.06. The highest BCUT2D eigenvalue weighted by Crippen LogP contribution is 2.37. The van der Waals surface area contributed by atoms with Gasteiger partial charge in [-0.2, -0.15) is 0 Å². The Bertz CT molecular complexity index is 1300. The van der Waals surface area contributed by atoms with E-state index in [1.807, 2.05) is 19.1 Å². The summed E-state index contributed by atoms with van der Waals surface area (Å²) in [6.07, 6.45) is 1.29. The van der Waals surface area contributed by atoms with Gasteiger partial charge in [0, 0.05) is 21.1 Å². The smallest absolute Gasteiger partial charge is 0.322 e. The predicted octanol–water partition coefficient (Wildman–Crippen LogP) is 4.78. The molecule has 1 aromatic carbocycles. The molecule has 0 atom stereocenters. The van der Waals surface area contributed by atoms with E-state index in [1.54, 1.807) is 23.7 Å². The molecule has 3 heterocycles. The average molecular weight is 335 g/mol. The minimum atomic E-state index is -2.54. The van der Waals surface area contributed by atoms with Crippen molar-refractivity contribution in [1.29, 1.82) is 0 Å². The van der Waals surface area contributed by atoms with E-state index in [4.69, 9.17) is 15.1 Å². The van der Waals surface area contributed by atoms with E-state index < -0.39 is 12.7 Å². The van der Waals surface area contributed by atoms with Crippen LogP contribution in [-0.2, 0) is 7.05 Å². The maximum Gasteiger partial charge on any atom is 0.322 e. The van der Waals surface area contributed by atoms with Crippen molar-refractivity contribution in [3.63, 3.8) is 0 Å². The number of fused-ring (bicyclic) bond motifs is 3. The maximum absolute atomic E-state index is 14.6. The standard InChI is InChI=1S/C20H15FN3O/c1-11-5-6-13-14-7-8-17(22-3)23-20(14)25-19(13)18(11)16-9-15(21)12(2)10-24(16)4/h5-10H,1-2,4H3/q+1/i2D3. The second kappa shape index (κ2) is 5.38. The van der Waals surface area contributed by atoms with Crippen LogP contribution in [0.2, 0.25) is 0 Å². The Morgan fingerprint density at radius 1 is 1.24 bits per heavy atom. The molecule has 5 heteroatoms. The number of furan rings is 1. The number of hydrogen-bond acceptors (Lipinski definition) is 2. The first-order valence-corrected chi connectivity index (χ1v) is 7.61. The highest BCUT2D eigenvalue weighted by Gasteiger charge is 2.23. The fraction of sp³-hybridized carbons (Fsp3) is 0.150. The van der Waals surface area contributed by atoms with Gasteiger partial charge in [-0.3, -0.25) is 0 Å². The first-order valence-electron chi connectivity index (χ1n) is 9.11. The largest absolute Gasteiger partial charge is 0.419 e. The third-order valence-electron chi connectivity index (χ3n) is 4.29. The van der Waals surface area contributed by atoms with Crippen LogP contribution in [0.5, 0.6) is 0 Å². The SMILES string of the molecule is [2H]C([2H])([2H])c1c[n+](C)c(-c2c(C)ccc3c2oc2nc([N+]#[C-])ccc23)cc1F. The Morgan fingerprint density at radius 3 is 2.80 bits per heavy atom. The number of halogens is 1. The van der Waals surface area contributed by atoms with E-state index in [0.717, 1.165) is 16.3 Å². The van der Waals surface area contributed by atoms with Gasteiger partial charge in [-0.1, -0.05) is 29.8 Å². The van der Waals surface area contributed by atoms with Gasteiger partial charge in [0.2, 0.25) is 5.69 Å². The molecule has 0 aliphatic carbocycles. The van der Waals surface area contributed by atoms with Gasteiger partial charge >= 0.3 is 5.71 Å². The van der Waals surface area contributed by atoms with Crippen LogP contribution in [0.15, 0.2) is 40.9 Å². The molecule has 0 unspecified atom stereocenters. The summed E-state index contributed by atoms with van der Waals surface area (Å²) in [6, 6.07) is 8.40. The van der Waals surface area contributed by atoms with E-state index in [9.17, 15) is 4.39 Å². The molecule has 0 radical (unpaired) electrons. The summed E-state index contributed by atoms with van der Waals surface area (Å²) in [5, 5.41) is 1.55. The van der Waals surface area contributed by atoms with Gasteiger partial charge in [0.15, 0.2) is 11.8 Å². The number of benzene rings is 1. The molecule has 0 bridgehead atoms. The Balaban J connectivity index is 2.05. The second-order valence-electron chi connectivity index (χ2n) is 5.90. The van der Waals surface area contributed by atoms with Gasteiger partial charge in [0.05, 0.1) is 10.9 Å². The van der Waals surface area contributed by atoms with E-state index in [0.29, 0.717) is 22.6 Å². The molecule has 0 amide bonds. The van der Waals surface area contributed by atoms with Crippen molar-refractivity contribution < 1.29 is 17.5 Å². The predicted molar refractivity (Wildman–Crippen MR) is 93.8 cm³/mol. The van der Waals surface area contributed by atoms with Gasteiger partial charge in [0.25, 0.3) is 5.82 Å². The number of rotatable bonds is 1. The van der Waals surface area contributed by atoms with Crippen molar-refractivity contribution in [2.24, 2.45) is 7.05 Å². The summed E-state index contributed by atoms with van der Waals surface area (Å²) >= 11 is 0. The van der Waals surface area contributed by atoms with Gasteiger partial charge in [-0.05, 0) is 25.4 Å². The zero-order valence-electron chi connectivity index (χ0n) is 16.6. The van der Waals surface area contributed by atoms with Crippen LogP contribution < -0.4 is 4.57 Å². The highest BCUT2D eigenvalue weighted by molar-refractivity contribution is 6.09. The molecule has 0 N–H and O–H groups in total. The Labute approximate surface area is 148 Å². The molecule has 0 aliphatic rings. The van der Waals surface area contributed by atoms with Crippen molar-refractivity contribution in [2.45, 2.75) is 13.8 Å². The lowest BCUT2D eigenvalue weighted by molar-refractivity contribution is -0.661. The molecule has 4 aromatic rings. The molecule has 25 heavy (non-hydrogen) atoms. The van der Waals surface area contributed by atoms with E-state index in [2.05, 4.69) is 9.83 Å². The molecule has 0 saturated heterocycles. The van der Waals surface area contributed by atoms with Crippen LogP contribution in [0, 0.1) is 26.2 Å². The lowest BCUT2D eigenvalue weighted by Crippen LogP contribution is -2.31. The van der Waals surface area contributed by atoms with Crippen molar-refractivity contribution in [1.82, 2.24) is 4.98 Å². The summed E-state index contributed by atoms with van der Waals surface area (Å²) in [5.74, 6) is -0.572. The molecule has 122 valence electrons. The van der Waals surface area contributed by atoms with Crippen molar-refractivity contribution in [2.75, 3.05) is 0 Å². The van der Waals surface area contributed by atoms with Crippen molar-refractivity contribution in [3.8, 4) is 11.3 Å². The maximum atomic E-state index is 14.6. The highest BCUT2D eigenvalue weighted by atomic mass is 19.1. The minimum absolute atomic E-state index is 0.225. The molecule has 4 nitrogen and oxygen atoms in total. The number of hydrogen-bond donors (Lipinski definition) is 0. The molecule has 0 fully saturated rings. The molecule has 0 saturated carbocycles. The number of pyridine rings is 2. The first kappa shape index (κ1) is 12.2. The zero-order valence-corrected chi connectivity index (χ0v) is 13.6. The summed E-state index contributed by atoms with van der Waals surface area (Å²) in [6.45, 7) is 6.45.